The molecular formula is C22H17Cl2N3O2. The van der Waals surface area contributed by atoms with Crippen molar-refractivity contribution in [2.24, 2.45) is 0 Å². The summed E-state index contributed by atoms with van der Waals surface area (Å²) in [6, 6.07) is 17.9. The second kappa shape index (κ2) is 8.15. The lowest BCUT2D eigenvalue weighted by atomic mass is 10.1. The number of imidazole rings is 1. The molecule has 4 rings (SSSR count). The highest BCUT2D eigenvalue weighted by molar-refractivity contribution is 6.33. The zero-order valence-electron chi connectivity index (χ0n) is 15.5. The van der Waals surface area contributed by atoms with E-state index in [0.29, 0.717) is 45.0 Å². The molecule has 1 aromatic heterocycles. The number of hydrogen-bond donors (Lipinski definition) is 2. The lowest BCUT2D eigenvalue weighted by Gasteiger charge is -2.10. The van der Waals surface area contributed by atoms with Crippen LogP contribution in [0.3, 0.4) is 0 Å². The van der Waals surface area contributed by atoms with Gasteiger partial charge in [-0.05, 0) is 55.5 Å². The van der Waals surface area contributed by atoms with Crippen molar-refractivity contribution in [1.29, 1.82) is 0 Å². The summed E-state index contributed by atoms with van der Waals surface area (Å²) in [5.41, 5.74) is 3.48. The van der Waals surface area contributed by atoms with E-state index in [-0.39, 0.29) is 5.91 Å². The maximum atomic E-state index is 12.6. The predicted molar refractivity (Wildman–Crippen MR) is 117 cm³/mol. The molecule has 0 aliphatic rings. The first-order chi connectivity index (χ1) is 14.0. The molecule has 0 spiro atoms. The van der Waals surface area contributed by atoms with Gasteiger partial charge in [-0.15, -0.1) is 0 Å². The van der Waals surface area contributed by atoms with E-state index in [9.17, 15) is 4.79 Å². The first-order valence-corrected chi connectivity index (χ1v) is 9.79. The van der Waals surface area contributed by atoms with Crippen LogP contribution in [0.1, 0.15) is 17.3 Å². The normalized spacial score (nSPS) is 10.9. The van der Waals surface area contributed by atoms with E-state index in [1.165, 1.54) is 0 Å². The van der Waals surface area contributed by atoms with Gasteiger partial charge >= 0.3 is 0 Å². The number of fused-ring (bicyclic) bond motifs is 1. The van der Waals surface area contributed by atoms with Gasteiger partial charge in [0.2, 0.25) is 0 Å². The average Bonchev–Trinajstić information content (AvgIpc) is 3.15. The minimum atomic E-state index is -0.284. The molecule has 1 amide bonds. The molecule has 146 valence electrons. The number of amides is 1. The number of nitrogens with one attached hydrogen (secondary N) is 2. The van der Waals surface area contributed by atoms with Gasteiger partial charge in [-0.2, -0.15) is 0 Å². The molecule has 0 bridgehead atoms. The minimum Gasteiger partial charge on any atom is -0.492 e. The van der Waals surface area contributed by atoms with E-state index in [2.05, 4.69) is 15.3 Å². The predicted octanol–water partition coefficient (Wildman–Crippen LogP) is 6.19. The first kappa shape index (κ1) is 19.3. The number of anilines is 1. The zero-order valence-corrected chi connectivity index (χ0v) is 17.0. The Labute approximate surface area is 177 Å². The number of carbonyl (C=O) groups excluding carboxylic acids is 1. The van der Waals surface area contributed by atoms with Crippen LogP contribution in [0, 0.1) is 0 Å². The summed E-state index contributed by atoms with van der Waals surface area (Å²) >= 11 is 12.6. The number of H-pyrrole nitrogens is 1. The van der Waals surface area contributed by atoms with E-state index in [1.54, 1.807) is 36.4 Å². The molecular weight excluding hydrogens is 409 g/mol. The molecule has 4 aromatic rings. The van der Waals surface area contributed by atoms with Crippen molar-refractivity contribution < 1.29 is 9.53 Å². The molecule has 7 heteroatoms. The number of benzene rings is 3. The number of nitrogens with zero attached hydrogens (tertiary/aromatic N) is 1. The number of ether oxygens (including phenoxy) is 1. The highest BCUT2D eigenvalue weighted by Gasteiger charge is 2.13. The third-order valence-electron chi connectivity index (χ3n) is 4.36. The third kappa shape index (κ3) is 4.06. The van der Waals surface area contributed by atoms with Crippen LogP contribution in [-0.4, -0.2) is 22.5 Å². The third-order valence-corrected chi connectivity index (χ3v) is 4.99. The number of rotatable bonds is 5. The molecule has 0 atom stereocenters. The molecule has 0 radical (unpaired) electrons. The SMILES string of the molecule is CCOc1ccc(C(=O)Nc2ccc(Cl)c(-c3nc4ccccc4[nH]3)c2)cc1Cl. The molecule has 0 aliphatic carbocycles. The molecule has 5 nitrogen and oxygen atoms in total. The summed E-state index contributed by atoms with van der Waals surface area (Å²) < 4.78 is 5.40. The van der Waals surface area contributed by atoms with Crippen LogP contribution in [0.5, 0.6) is 5.75 Å². The van der Waals surface area contributed by atoms with E-state index >= 15 is 0 Å². The number of aromatic amines is 1. The Kier molecular flexibility index (Phi) is 5.43. The van der Waals surface area contributed by atoms with Gasteiger partial charge in [0.1, 0.15) is 11.6 Å². The molecule has 0 saturated heterocycles. The van der Waals surface area contributed by atoms with Crippen LogP contribution >= 0.6 is 23.2 Å². The number of hydrogen-bond acceptors (Lipinski definition) is 3. The molecule has 0 fully saturated rings. The molecule has 29 heavy (non-hydrogen) atoms. The summed E-state index contributed by atoms with van der Waals surface area (Å²) in [7, 11) is 0. The lowest BCUT2D eigenvalue weighted by Crippen LogP contribution is -2.12. The van der Waals surface area contributed by atoms with Crippen LogP contribution in [0.15, 0.2) is 60.7 Å². The van der Waals surface area contributed by atoms with Gasteiger partial charge in [-0.25, -0.2) is 4.98 Å². The fourth-order valence-corrected chi connectivity index (χ4v) is 3.42. The maximum Gasteiger partial charge on any atom is 0.255 e. The highest BCUT2D eigenvalue weighted by Crippen LogP contribution is 2.31. The minimum absolute atomic E-state index is 0.284. The first-order valence-electron chi connectivity index (χ1n) is 9.03. The topological polar surface area (TPSA) is 67.0 Å². The second-order valence-electron chi connectivity index (χ2n) is 6.33. The number of aromatic nitrogens is 2. The van der Waals surface area contributed by atoms with Gasteiger partial charge in [0.25, 0.3) is 5.91 Å². The smallest absolute Gasteiger partial charge is 0.255 e. The van der Waals surface area contributed by atoms with Crippen molar-refractivity contribution >= 4 is 45.8 Å². The fraction of sp³-hybridized carbons (Fsp3) is 0.0909. The standard InChI is InChI=1S/C22H17Cl2N3O2/c1-2-29-20-10-7-13(11-17(20)24)22(28)25-14-8-9-16(23)15(12-14)21-26-18-5-3-4-6-19(18)27-21/h3-12H,2H2,1H3,(H,25,28)(H,26,27). The van der Waals surface area contributed by atoms with E-state index in [0.717, 1.165) is 11.0 Å². The van der Waals surface area contributed by atoms with Gasteiger partial charge in [-0.1, -0.05) is 35.3 Å². The summed E-state index contributed by atoms with van der Waals surface area (Å²) in [6.07, 6.45) is 0. The summed E-state index contributed by atoms with van der Waals surface area (Å²) in [5, 5.41) is 3.79. The van der Waals surface area contributed by atoms with Crippen LogP contribution in [-0.2, 0) is 0 Å². The molecule has 2 N–H and O–H groups in total. The Morgan fingerprint density at radius 2 is 1.90 bits per heavy atom. The lowest BCUT2D eigenvalue weighted by molar-refractivity contribution is 0.102. The van der Waals surface area contributed by atoms with Crippen molar-refractivity contribution in [1.82, 2.24) is 9.97 Å². The van der Waals surface area contributed by atoms with E-state index < -0.39 is 0 Å². The Morgan fingerprint density at radius 1 is 1.07 bits per heavy atom. The Balaban J connectivity index is 1.60. The largest absolute Gasteiger partial charge is 0.492 e. The zero-order chi connectivity index (χ0) is 20.4. The van der Waals surface area contributed by atoms with E-state index in [4.69, 9.17) is 27.9 Å². The molecule has 0 aliphatic heterocycles. The molecule has 0 unspecified atom stereocenters. The van der Waals surface area contributed by atoms with Gasteiger partial charge < -0.3 is 15.0 Å². The molecule has 0 saturated carbocycles. The van der Waals surface area contributed by atoms with Gasteiger partial charge in [0, 0.05) is 16.8 Å². The summed E-state index contributed by atoms with van der Waals surface area (Å²) in [4.78, 5) is 20.5. The van der Waals surface area contributed by atoms with Crippen LogP contribution in [0.25, 0.3) is 22.4 Å². The van der Waals surface area contributed by atoms with Crippen LogP contribution < -0.4 is 10.1 Å². The Morgan fingerprint density at radius 3 is 2.66 bits per heavy atom. The van der Waals surface area contributed by atoms with Gasteiger partial charge in [0.05, 0.1) is 27.7 Å². The van der Waals surface area contributed by atoms with Crippen LogP contribution in [0.4, 0.5) is 5.69 Å². The number of para-hydroxylation sites is 2. The van der Waals surface area contributed by atoms with Crippen molar-refractivity contribution in [3.63, 3.8) is 0 Å². The molecule has 3 aromatic carbocycles. The van der Waals surface area contributed by atoms with E-state index in [1.807, 2.05) is 31.2 Å². The monoisotopic (exact) mass is 425 g/mol. The van der Waals surface area contributed by atoms with Gasteiger partial charge in [0.15, 0.2) is 0 Å². The Bertz CT molecular complexity index is 1170. The Hall–Kier alpha value is -3.02. The van der Waals surface area contributed by atoms with Crippen molar-refractivity contribution in [3.8, 4) is 17.1 Å². The maximum absolute atomic E-state index is 12.6. The second-order valence-corrected chi connectivity index (χ2v) is 7.14. The van der Waals surface area contributed by atoms with Crippen molar-refractivity contribution in [2.75, 3.05) is 11.9 Å². The fourth-order valence-electron chi connectivity index (χ4n) is 2.98. The number of carbonyl (C=O) groups is 1. The number of halogens is 2. The molecule has 1 heterocycles. The van der Waals surface area contributed by atoms with Gasteiger partial charge in [-0.3, -0.25) is 4.79 Å². The quantitative estimate of drug-likeness (QED) is 0.400. The summed E-state index contributed by atoms with van der Waals surface area (Å²) in [5.74, 6) is 0.897. The van der Waals surface area contributed by atoms with Crippen LogP contribution in [0.2, 0.25) is 10.0 Å². The highest BCUT2D eigenvalue weighted by atomic mass is 35.5. The summed E-state index contributed by atoms with van der Waals surface area (Å²) in [6.45, 7) is 2.37. The van der Waals surface area contributed by atoms with Crippen molar-refractivity contribution in [3.05, 3.63) is 76.3 Å². The average molecular weight is 426 g/mol. The van der Waals surface area contributed by atoms with Crippen molar-refractivity contribution in [2.45, 2.75) is 6.92 Å².